The van der Waals surface area contributed by atoms with Gasteiger partial charge in [0.2, 0.25) is 5.91 Å². The Kier molecular flexibility index (Phi) is 5.78. The van der Waals surface area contributed by atoms with Gasteiger partial charge in [-0.3, -0.25) is 4.79 Å². The average Bonchev–Trinajstić information content (AvgIpc) is 3.04. The van der Waals surface area contributed by atoms with E-state index < -0.39 is 0 Å². The molecule has 26 heavy (non-hydrogen) atoms. The molecule has 1 aromatic heterocycles. The summed E-state index contributed by atoms with van der Waals surface area (Å²) in [4.78, 5) is 12.4. The van der Waals surface area contributed by atoms with Crippen LogP contribution in [-0.4, -0.2) is 12.5 Å². The van der Waals surface area contributed by atoms with E-state index in [1.54, 1.807) is 11.3 Å². The van der Waals surface area contributed by atoms with E-state index in [1.165, 1.54) is 6.92 Å². The van der Waals surface area contributed by atoms with Crippen molar-refractivity contribution in [2.24, 2.45) is 0 Å². The van der Waals surface area contributed by atoms with Gasteiger partial charge in [-0.2, -0.15) is 0 Å². The van der Waals surface area contributed by atoms with Crippen molar-refractivity contribution in [3.63, 3.8) is 0 Å². The number of ether oxygens (including phenoxy) is 2. The maximum absolute atomic E-state index is 11.2. The van der Waals surface area contributed by atoms with Gasteiger partial charge in [0.25, 0.3) is 0 Å². The van der Waals surface area contributed by atoms with Crippen molar-refractivity contribution in [1.82, 2.24) is 5.32 Å². The predicted molar refractivity (Wildman–Crippen MR) is 106 cm³/mol. The quantitative estimate of drug-likeness (QED) is 0.632. The molecule has 0 fully saturated rings. The highest BCUT2D eigenvalue weighted by Crippen LogP contribution is 2.32. The summed E-state index contributed by atoms with van der Waals surface area (Å²) in [6, 6.07) is 16.2. The lowest BCUT2D eigenvalue weighted by Crippen LogP contribution is -2.22. The van der Waals surface area contributed by atoms with Crippen molar-refractivity contribution in [3.8, 4) is 11.5 Å². The van der Waals surface area contributed by atoms with Gasteiger partial charge in [-0.15, -0.1) is 11.3 Å². The molecule has 3 rings (SSSR count). The van der Waals surface area contributed by atoms with E-state index in [4.69, 9.17) is 9.47 Å². The first-order chi connectivity index (χ1) is 12.5. The number of benzene rings is 2. The monoisotopic (exact) mass is 369 g/mol. The van der Waals surface area contributed by atoms with Gasteiger partial charge in [0.15, 0.2) is 0 Å². The molecule has 1 heterocycles. The number of rotatable bonds is 7. The van der Waals surface area contributed by atoms with Crippen molar-refractivity contribution in [2.45, 2.75) is 33.4 Å². The van der Waals surface area contributed by atoms with Crippen LogP contribution in [0.1, 0.15) is 37.3 Å². The number of fused-ring (bicyclic) bond motifs is 1. The van der Waals surface area contributed by atoms with Gasteiger partial charge in [-0.25, -0.2) is 0 Å². The van der Waals surface area contributed by atoms with Crippen molar-refractivity contribution >= 4 is 27.3 Å². The highest BCUT2D eigenvalue weighted by Gasteiger charge is 2.11. The van der Waals surface area contributed by atoms with Crippen LogP contribution in [0.25, 0.3) is 10.1 Å². The number of hydrogen-bond acceptors (Lipinski definition) is 4. The van der Waals surface area contributed by atoms with Crippen molar-refractivity contribution in [2.75, 3.05) is 6.61 Å². The molecule has 2 aromatic carbocycles. The van der Waals surface area contributed by atoms with E-state index in [1.807, 2.05) is 44.2 Å². The molecule has 1 atom stereocenters. The number of carbonyl (C=O) groups excluding carboxylic acids is 1. The average molecular weight is 369 g/mol. The lowest BCUT2D eigenvalue weighted by molar-refractivity contribution is -0.119. The number of carbonyl (C=O) groups is 1. The van der Waals surface area contributed by atoms with Crippen LogP contribution in [0, 0.1) is 0 Å². The van der Waals surface area contributed by atoms with Crippen LogP contribution in [0.5, 0.6) is 11.5 Å². The molecule has 0 aliphatic rings. The Hall–Kier alpha value is -2.53. The van der Waals surface area contributed by atoms with E-state index in [9.17, 15) is 4.79 Å². The van der Waals surface area contributed by atoms with Gasteiger partial charge >= 0.3 is 0 Å². The normalized spacial score (nSPS) is 12.0. The largest absolute Gasteiger partial charge is 0.494 e. The molecule has 0 spiro atoms. The lowest BCUT2D eigenvalue weighted by atomic mass is 10.2. The topological polar surface area (TPSA) is 47.6 Å². The first-order valence-corrected chi connectivity index (χ1v) is 9.52. The second-order valence-electron chi connectivity index (χ2n) is 6.14. The summed E-state index contributed by atoms with van der Waals surface area (Å²) in [6.45, 7) is 6.68. The predicted octanol–water partition coefficient (Wildman–Crippen LogP) is 5.08. The molecular formula is C21H23NO3S. The summed E-state index contributed by atoms with van der Waals surface area (Å²) in [6.07, 6.45) is 0. The molecule has 4 nitrogen and oxygen atoms in total. The van der Waals surface area contributed by atoms with Gasteiger partial charge in [-0.1, -0.05) is 12.1 Å². The van der Waals surface area contributed by atoms with E-state index >= 15 is 0 Å². The third-order valence-corrected chi connectivity index (χ3v) is 5.28. The van der Waals surface area contributed by atoms with Gasteiger partial charge in [-0.05, 0) is 61.2 Å². The fourth-order valence-electron chi connectivity index (χ4n) is 2.73. The second-order valence-corrected chi connectivity index (χ2v) is 7.25. The van der Waals surface area contributed by atoms with E-state index in [-0.39, 0.29) is 11.9 Å². The summed E-state index contributed by atoms with van der Waals surface area (Å²) in [5.41, 5.74) is 1.10. The van der Waals surface area contributed by atoms with Crippen LogP contribution in [0.15, 0.2) is 48.5 Å². The zero-order valence-corrected chi connectivity index (χ0v) is 16.1. The van der Waals surface area contributed by atoms with Crippen molar-refractivity contribution < 1.29 is 14.3 Å². The van der Waals surface area contributed by atoms with Gasteiger partial charge < -0.3 is 14.8 Å². The van der Waals surface area contributed by atoms with Gasteiger partial charge in [0.05, 0.1) is 12.6 Å². The number of hydrogen-bond donors (Lipinski definition) is 1. The third kappa shape index (κ3) is 4.55. The fourth-order valence-corrected chi connectivity index (χ4v) is 3.82. The number of amides is 1. The molecule has 1 amide bonds. The molecule has 0 radical (unpaired) electrons. The molecule has 0 aliphatic carbocycles. The first kappa shape index (κ1) is 18.3. The van der Waals surface area contributed by atoms with Crippen LogP contribution in [0.4, 0.5) is 0 Å². The number of thiophene rings is 1. The van der Waals surface area contributed by atoms with Crippen LogP contribution in [0.3, 0.4) is 0 Å². The highest BCUT2D eigenvalue weighted by atomic mass is 32.1. The minimum Gasteiger partial charge on any atom is -0.494 e. The van der Waals surface area contributed by atoms with Crippen LogP contribution >= 0.6 is 11.3 Å². The third-order valence-electron chi connectivity index (χ3n) is 4.00. The zero-order valence-electron chi connectivity index (χ0n) is 15.2. The molecular weight excluding hydrogens is 346 g/mol. The molecule has 1 unspecified atom stereocenters. The molecule has 0 saturated carbocycles. The molecule has 0 bridgehead atoms. The van der Waals surface area contributed by atoms with E-state index in [0.29, 0.717) is 13.2 Å². The van der Waals surface area contributed by atoms with E-state index in [2.05, 4.69) is 23.5 Å². The zero-order chi connectivity index (χ0) is 18.5. The summed E-state index contributed by atoms with van der Waals surface area (Å²) >= 11 is 1.68. The molecule has 0 aliphatic heterocycles. The summed E-state index contributed by atoms with van der Waals surface area (Å²) < 4.78 is 12.5. The van der Waals surface area contributed by atoms with E-state index in [0.717, 1.165) is 32.0 Å². The summed E-state index contributed by atoms with van der Waals surface area (Å²) in [5.74, 6) is 1.69. The Morgan fingerprint density at radius 1 is 1.08 bits per heavy atom. The summed E-state index contributed by atoms with van der Waals surface area (Å²) in [7, 11) is 0. The highest BCUT2D eigenvalue weighted by molar-refractivity contribution is 7.19. The molecule has 136 valence electrons. The van der Waals surface area contributed by atoms with Gasteiger partial charge in [0.1, 0.15) is 18.1 Å². The Bertz CT molecular complexity index is 886. The van der Waals surface area contributed by atoms with Crippen molar-refractivity contribution in [1.29, 1.82) is 0 Å². The lowest BCUT2D eigenvalue weighted by Gasteiger charge is -2.09. The minimum atomic E-state index is -0.0191. The fraction of sp³-hybridized carbons (Fsp3) is 0.286. The molecule has 0 saturated heterocycles. The smallest absolute Gasteiger partial charge is 0.217 e. The standard InChI is InChI=1S/C21H23NO3S/c1-4-24-18-8-5-16(6-9-18)13-25-19-10-7-17-11-20(26-21(17)12-19)14(2)22-15(3)23/h5-12,14H,4,13H2,1-3H3,(H,22,23). The SMILES string of the molecule is CCOc1ccc(COc2ccc3cc(C(C)NC(C)=O)sc3c2)cc1. The van der Waals surface area contributed by atoms with Gasteiger partial charge in [0, 0.05) is 16.5 Å². The van der Waals surface area contributed by atoms with Crippen LogP contribution < -0.4 is 14.8 Å². The maximum Gasteiger partial charge on any atom is 0.217 e. The Balaban J connectivity index is 1.67. The van der Waals surface area contributed by atoms with Crippen LogP contribution in [0.2, 0.25) is 0 Å². The van der Waals surface area contributed by atoms with Crippen LogP contribution in [-0.2, 0) is 11.4 Å². The summed E-state index contributed by atoms with van der Waals surface area (Å²) in [5, 5.41) is 4.09. The molecule has 3 aromatic rings. The maximum atomic E-state index is 11.2. The minimum absolute atomic E-state index is 0.0122. The molecule has 1 N–H and O–H groups in total. The number of nitrogens with one attached hydrogen (secondary N) is 1. The Morgan fingerprint density at radius 3 is 2.50 bits per heavy atom. The molecule has 5 heteroatoms. The Labute approximate surface area is 157 Å². The van der Waals surface area contributed by atoms with Crippen molar-refractivity contribution in [3.05, 3.63) is 59.0 Å². The first-order valence-electron chi connectivity index (χ1n) is 8.70. The second kappa shape index (κ2) is 8.23. The Morgan fingerprint density at radius 2 is 1.81 bits per heavy atom.